The van der Waals surface area contributed by atoms with Gasteiger partial charge in [-0.3, -0.25) is 0 Å². The van der Waals surface area contributed by atoms with E-state index in [4.69, 9.17) is 4.42 Å². The molecule has 0 amide bonds. The predicted molar refractivity (Wildman–Crippen MR) is 72.1 cm³/mol. The maximum atomic E-state index is 5.19. The van der Waals surface area contributed by atoms with Gasteiger partial charge in [-0.2, -0.15) is 0 Å². The number of aryl methyl sites for hydroxylation is 1. The quantitative estimate of drug-likeness (QED) is 0.742. The monoisotopic (exact) mass is 231 g/mol. The van der Waals surface area contributed by atoms with Crippen LogP contribution in [0, 0.1) is 6.92 Å². The standard InChI is InChI=1S/C13H15NO.C2H6/c1-9(2)11-4-6-12(7-5-11)13-8-15-10(3)14-13;1-2/h4-9H,1-3H3;1-2H3. The molecule has 2 aromatic rings. The molecule has 2 rings (SSSR count). The minimum absolute atomic E-state index is 0.568. The molecule has 0 unspecified atom stereocenters. The van der Waals surface area contributed by atoms with Crippen molar-refractivity contribution in [2.75, 3.05) is 0 Å². The molecular weight excluding hydrogens is 210 g/mol. The summed E-state index contributed by atoms with van der Waals surface area (Å²) >= 11 is 0. The lowest BCUT2D eigenvalue weighted by Crippen LogP contribution is -1.86. The molecule has 0 aliphatic heterocycles. The Balaban J connectivity index is 0.000000686. The second-order valence-corrected chi connectivity index (χ2v) is 4.03. The van der Waals surface area contributed by atoms with Gasteiger partial charge in [0.1, 0.15) is 12.0 Å². The molecule has 0 spiro atoms. The summed E-state index contributed by atoms with van der Waals surface area (Å²) in [7, 11) is 0. The number of nitrogens with zero attached hydrogens (tertiary/aromatic N) is 1. The van der Waals surface area contributed by atoms with Crippen LogP contribution in [-0.2, 0) is 0 Å². The minimum atomic E-state index is 0.568. The van der Waals surface area contributed by atoms with Crippen LogP contribution in [0.1, 0.15) is 45.1 Å². The molecule has 0 N–H and O–H groups in total. The fourth-order valence-corrected chi connectivity index (χ4v) is 1.53. The molecule has 0 saturated carbocycles. The van der Waals surface area contributed by atoms with Crippen molar-refractivity contribution in [2.24, 2.45) is 0 Å². The van der Waals surface area contributed by atoms with Crippen LogP contribution in [0.2, 0.25) is 0 Å². The highest BCUT2D eigenvalue weighted by Gasteiger charge is 2.04. The van der Waals surface area contributed by atoms with E-state index < -0.39 is 0 Å². The number of rotatable bonds is 2. The highest BCUT2D eigenvalue weighted by atomic mass is 16.3. The first kappa shape index (κ1) is 13.5. The van der Waals surface area contributed by atoms with Gasteiger partial charge in [0.2, 0.25) is 0 Å². The Morgan fingerprint density at radius 1 is 1.06 bits per heavy atom. The number of benzene rings is 1. The van der Waals surface area contributed by atoms with Gasteiger partial charge in [-0.05, 0) is 11.5 Å². The van der Waals surface area contributed by atoms with Gasteiger partial charge in [0.25, 0.3) is 0 Å². The third kappa shape index (κ3) is 3.45. The van der Waals surface area contributed by atoms with E-state index in [-0.39, 0.29) is 0 Å². The van der Waals surface area contributed by atoms with Crippen molar-refractivity contribution in [3.8, 4) is 11.3 Å². The predicted octanol–water partition coefficient (Wildman–Crippen LogP) is 4.80. The molecule has 0 saturated heterocycles. The van der Waals surface area contributed by atoms with E-state index >= 15 is 0 Å². The molecule has 0 aliphatic carbocycles. The van der Waals surface area contributed by atoms with Gasteiger partial charge in [-0.1, -0.05) is 52.0 Å². The van der Waals surface area contributed by atoms with Crippen LogP contribution in [0.25, 0.3) is 11.3 Å². The van der Waals surface area contributed by atoms with Gasteiger partial charge in [-0.25, -0.2) is 4.98 Å². The van der Waals surface area contributed by atoms with Gasteiger partial charge in [0.05, 0.1) is 0 Å². The normalized spacial score (nSPS) is 10.0. The largest absolute Gasteiger partial charge is 0.449 e. The van der Waals surface area contributed by atoms with Crippen molar-refractivity contribution in [1.82, 2.24) is 4.98 Å². The summed E-state index contributed by atoms with van der Waals surface area (Å²) in [5.41, 5.74) is 3.36. The van der Waals surface area contributed by atoms with Crippen LogP contribution >= 0.6 is 0 Å². The van der Waals surface area contributed by atoms with E-state index in [1.54, 1.807) is 6.26 Å². The minimum Gasteiger partial charge on any atom is -0.449 e. The topological polar surface area (TPSA) is 26.0 Å². The first-order valence-corrected chi connectivity index (χ1v) is 6.19. The Kier molecular flexibility index (Phi) is 4.95. The van der Waals surface area contributed by atoms with Crippen molar-refractivity contribution in [1.29, 1.82) is 0 Å². The Bertz CT molecular complexity index is 440. The zero-order chi connectivity index (χ0) is 12.8. The van der Waals surface area contributed by atoms with Crippen LogP contribution in [0.5, 0.6) is 0 Å². The lowest BCUT2D eigenvalue weighted by Gasteiger charge is -2.04. The molecule has 1 aromatic heterocycles. The lowest BCUT2D eigenvalue weighted by molar-refractivity contribution is 0.521. The van der Waals surface area contributed by atoms with Crippen LogP contribution in [-0.4, -0.2) is 4.98 Å². The highest BCUT2D eigenvalue weighted by Crippen LogP contribution is 2.21. The second-order valence-electron chi connectivity index (χ2n) is 4.03. The Morgan fingerprint density at radius 2 is 1.65 bits per heavy atom. The molecule has 2 heteroatoms. The number of hydrogen-bond acceptors (Lipinski definition) is 2. The molecule has 0 radical (unpaired) electrons. The molecule has 0 fully saturated rings. The van der Waals surface area contributed by atoms with E-state index in [0.29, 0.717) is 11.8 Å². The molecular formula is C15H21NO. The molecule has 2 nitrogen and oxygen atoms in total. The van der Waals surface area contributed by atoms with Gasteiger partial charge in [-0.15, -0.1) is 0 Å². The van der Waals surface area contributed by atoms with E-state index in [2.05, 4.69) is 43.1 Å². The highest BCUT2D eigenvalue weighted by molar-refractivity contribution is 5.58. The Labute approximate surface area is 104 Å². The van der Waals surface area contributed by atoms with Crippen LogP contribution < -0.4 is 0 Å². The summed E-state index contributed by atoms with van der Waals surface area (Å²) in [5, 5.41) is 0. The van der Waals surface area contributed by atoms with Gasteiger partial charge < -0.3 is 4.42 Å². The summed E-state index contributed by atoms with van der Waals surface area (Å²) in [6, 6.07) is 8.47. The van der Waals surface area contributed by atoms with Crippen molar-refractivity contribution in [2.45, 2.75) is 40.5 Å². The molecule has 0 atom stereocenters. The van der Waals surface area contributed by atoms with Crippen molar-refractivity contribution >= 4 is 0 Å². The van der Waals surface area contributed by atoms with Crippen molar-refractivity contribution in [3.05, 3.63) is 42.0 Å². The third-order valence-electron chi connectivity index (χ3n) is 2.49. The molecule has 17 heavy (non-hydrogen) atoms. The fraction of sp³-hybridized carbons (Fsp3) is 0.400. The third-order valence-corrected chi connectivity index (χ3v) is 2.49. The summed E-state index contributed by atoms with van der Waals surface area (Å²) in [6.45, 7) is 10.2. The molecule has 1 aromatic carbocycles. The first-order chi connectivity index (χ1) is 8.16. The number of aromatic nitrogens is 1. The molecule has 1 heterocycles. The zero-order valence-electron chi connectivity index (χ0n) is 11.3. The average molecular weight is 231 g/mol. The van der Waals surface area contributed by atoms with Crippen LogP contribution in [0.15, 0.2) is 34.9 Å². The van der Waals surface area contributed by atoms with Crippen LogP contribution in [0.3, 0.4) is 0 Å². The number of hydrogen-bond donors (Lipinski definition) is 0. The maximum Gasteiger partial charge on any atom is 0.191 e. The summed E-state index contributed by atoms with van der Waals surface area (Å²) < 4.78 is 5.19. The van der Waals surface area contributed by atoms with E-state index in [1.165, 1.54) is 5.56 Å². The molecule has 0 aliphatic rings. The summed E-state index contributed by atoms with van der Waals surface area (Å²) in [5.74, 6) is 1.27. The summed E-state index contributed by atoms with van der Waals surface area (Å²) in [4.78, 5) is 4.29. The SMILES string of the molecule is CC.Cc1nc(-c2ccc(C(C)C)cc2)co1. The number of oxazole rings is 1. The van der Waals surface area contributed by atoms with Gasteiger partial charge >= 0.3 is 0 Å². The van der Waals surface area contributed by atoms with E-state index in [9.17, 15) is 0 Å². The van der Waals surface area contributed by atoms with Crippen LogP contribution in [0.4, 0.5) is 0 Å². The average Bonchev–Trinajstić information content (AvgIpc) is 2.79. The van der Waals surface area contributed by atoms with Gasteiger partial charge in [0, 0.05) is 12.5 Å². The summed E-state index contributed by atoms with van der Waals surface area (Å²) in [6.07, 6.45) is 1.69. The van der Waals surface area contributed by atoms with Crippen molar-refractivity contribution in [3.63, 3.8) is 0 Å². The molecule has 0 bridgehead atoms. The first-order valence-electron chi connectivity index (χ1n) is 6.19. The Hall–Kier alpha value is -1.57. The van der Waals surface area contributed by atoms with Gasteiger partial charge in [0.15, 0.2) is 5.89 Å². The lowest BCUT2D eigenvalue weighted by atomic mass is 10.0. The maximum absolute atomic E-state index is 5.19. The Morgan fingerprint density at radius 3 is 2.06 bits per heavy atom. The smallest absolute Gasteiger partial charge is 0.191 e. The zero-order valence-corrected chi connectivity index (χ0v) is 11.3. The van der Waals surface area contributed by atoms with E-state index in [0.717, 1.165) is 11.3 Å². The van der Waals surface area contributed by atoms with Crippen molar-refractivity contribution < 1.29 is 4.42 Å². The second kappa shape index (κ2) is 6.24. The van der Waals surface area contributed by atoms with E-state index in [1.807, 2.05) is 20.8 Å². The fourth-order valence-electron chi connectivity index (χ4n) is 1.53. The molecule has 92 valence electrons.